The number of benzene rings is 1. The Balaban J connectivity index is 1.58. The van der Waals surface area contributed by atoms with E-state index in [1.54, 1.807) is 12.1 Å². The van der Waals surface area contributed by atoms with Crippen molar-refractivity contribution in [3.05, 3.63) is 52.7 Å². The fourth-order valence-electron chi connectivity index (χ4n) is 2.68. The molecule has 0 bridgehead atoms. The number of rotatable bonds is 4. The molecule has 1 N–H and O–H groups in total. The van der Waals surface area contributed by atoms with Crippen molar-refractivity contribution < 1.29 is 18.7 Å². The highest BCUT2D eigenvalue weighted by Crippen LogP contribution is 2.27. The zero-order valence-corrected chi connectivity index (χ0v) is 13.1. The summed E-state index contributed by atoms with van der Waals surface area (Å²) in [5.74, 6) is -0.816. The predicted octanol–water partition coefficient (Wildman–Crippen LogP) is 3.09. The molecule has 0 radical (unpaired) electrons. The van der Waals surface area contributed by atoms with Gasteiger partial charge in [0.2, 0.25) is 5.76 Å². The molecule has 0 amide bonds. The first-order chi connectivity index (χ1) is 11.0. The molecule has 0 atom stereocenters. The van der Waals surface area contributed by atoms with Crippen LogP contribution in [-0.4, -0.2) is 42.2 Å². The Hall–Kier alpha value is -2.05. The number of furan rings is 1. The van der Waals surface area contributed by atoms with Gasteiger partial charge in [0.05, 0.1) is 17.3 Å². The van der Waals surface area contributed by atoms with Crippen molar-refractivity contribution in [2.24, 2.45) is 0 Å². The summed E-state index contributed by atoms with van der Waals surface area (Å²) in [6, 6.07) is 7.57. The van der Waals surface area contributed by atoms with Crippen molar-refractivity contribution in [3.8, 4) is 0 Å². The third-order valence-electron chi connectivity index (χ3n) is 3.87. The van der Waals surface area contributed by atoms with Crippen LogP contribution in [0.25, 0.3) is 0 Å². The van der Waals surface area contributed by atoms with Crippen molar-refractivity contribution in [1.82, 2.24) is 4.90 Å². The average molecular weight is 339 g/mol. The Morgan fingerprint density at radius 1 is 1.22 bits per heavy atom. The third kappa shape index (κ3) is 3.65. The van der Waals surface area contributed by atoms with E-state index in [9.17, 15) is 9.18 Å². The minimum Gasteiger partial charge on any atom is -0.475 e. The highest BCUT2D eigenvalue weighted by Gasteiger charge is 2.20. The van der Waals surface area contributed by atoms with E-state index in [0.29, 0.717) is 17.3 Å². The Bertz CT molecular complexity index is 711. The lowest BCUT2D eigenvalue weighted by molar-refractivity contribution is 0.0658. The van der Waals surface area contributed by atoms with E-state index in [2.05, 4.69) is 9.80 Å². The van der Waals surface area contributed by atoms with Crippen LogP contribution in [0.3, 0.4) is 0 Å². The van der Waals surface area contributed by atoms with Crippen molar-refractivity contribution >= 4 is 23.3 Å². The molecule has 2 aromatic rings. The molecule has 1 fully saturated rings. The van der Waals surface area contributed by atoms with Gasteiger partial charge in [-0.15, -0.1) is 0 Å². The number of nitrogens with zero attached hydrogens (tertiary/aromatic N) is 2. The van der Waals surface area contributed by atoms with Crippen LogP contribution >= 0.6 is 11.6 Å². The summed E-state index contributed by atoms with van der Waals surface area (Å²) >= 11 is 6.10. The van der Waals surface area contributed by atoms with Gasteiger partial charge in [-0.1, -0.05) is 11.6 Å². The zero-order valence-electron chi connectivity index (χ0n) is 12.3. The molecular weight excluding hydrogens is 323 g/mol. The van der Waals surface area contributed by atoms with Gasteiger partial charge in [-0.2, -0.15) is 0 Å². The largest absolute Gasteiger partial charge is 0.475 e. The molecule has 2 heterocycles. The Labute approximate surface area is 137 Å². The number of hydrogen-bond acceptors (Lipinski definition) is 4. The fourth-order valence-corrected chi connectivity index (χ4v) is 2.97. The summed E-state index contributed by atoms with van der Waals surface area (Å²) in [5.41, 5.74) is 0.832. The molecule has 7 heteroatoms. The molecule has 1 aliphatic rings. The first-order valence-electron chi connectivity index (χ1n) is 7.27. The molecule has 1 saturated heterocycles. The smallest absolute Gasteiger partial charge is 0.371 e. The lowest BCUT2D eigenvalue weighted by Crippen LogP contribution is -2.46. The minimum atomic E-state index is -1.06. The normalized spacial score (nSPS) is 15.8. The Morgan fingerprint density at radius 3 is 2.57 bits per heavy atom. The quantitative estimate of drug-likeness (QED) is 0.928. The van der Waals surface area contributed by atoms with Gasteiger partial charge >= 0.3 is 5.97 Å². The first kappa shape index (κ1) is 15.8. The molecule has 1 aliphatic heterocycles. The topological polar surface area (TPSA) is 56.9 Å². The minimum absolute atomic E-state index is 0.0447. The van der Waals surface area contributed by atoms with E-state index in [4.69, 9.17) is 21.1 Å². The number of carboxylic acid groups (broad SMARTS) is 1. The predicted molar refractivity (Wildman–Crippen MR) is 84.6 cm³/mol. The summed E-state index contributed by atoms with van der Waals surface area (Å²) in [4.78, 5) is 15.1. The van der Waals surface area contributed by atoms with Gasteiger partial charge in [0.1, 0.15) is 11.6 Å². The summed E-state index contributed by atoms with van der Waals surface area (Å²) in [6.45, 7) is 3.67. The first-order valence-corrected chi connectivity index (χ1v) is 7.65. The van der Waals surface area contributed by atoms with Gasteiger partial charge in [0, 0.05) is 26.2 Å². The molecule has 0 unspecified atom stereocenters. The molecule has 1 aromatic carbocycles. The fraction of sp³-hybridized carbons (Fsp3) is 0.312. The van der Waals surface area contributed by atoms with Gasteiger partial charge in [0.25, 0.3) is 0 Å². The molecule has 3 rings (SSSR count). The summed E-state index contributed by atoms with van der Waals surface area (Å²) < 4.78 is 18.4. The van der Waals surface area contributed by atoms with Crippen LogP contribution in [0.4, 0.5) is 10.1 Å². The molecule has 1 aromatic heterocycles. The molecule has 0 spiro atoms. The van der Waals surface area contributed by atoms with E-state index in [-0.39, 0.29) is 11.6 Å². The Morgan fingerprint density at radius 2 is 1.96 bits per heavy atom. The molecule has 0 aliphatic carbocycles. The van der Waals surface area contributed by atoms with Crippen LogP contribution in [0.1, 0.15) is 16.3 Å². The van der Waals surface area contributed by atoms with Gasteiger partial charge in [-0.3, -0.25) is 4.90 Å². The SMILES string of the molecule is O=C(O)c1ccc(CN2CCN(c3ccc(F)cc3Cl)CC2)o1. The lowest BCUT2D eigenvalue weighted by Gasteiger charge is -2.36. The van der Waals surface area contributed by atoms with Crippen molar-refractivity contribution in [2.45, 2.75) is 6.54 Å². The molecule has 122 valence electrons. The van der Waals surface area contributed by atoms with E-state index in [1.807, 2.05) is 0 Å². The number of carbonyl (C=O) groups is 1. The second kappa shape index (κ2) is 6.60. The van der Waals surface area contributed by atoms with Gasteiger partial charge in [-0.05, 0) is 30.3 Å². The highest BCUT2D eigenvalue weighted by molar-refractivity contribution is 6.33. The monoisotopic (exact) mass is 338 g/mol. The van der Waals surface area contributed by atoms with Crippen LogP contribution in [0.2, 0.25) is 5.02 Å². The number of anilines is 1. The number of carboxylic acids is 1. The summed E-state index contributed by atoms with van der Waals surface area (Å²) in [5, 5.41) is 9.27. The maximum atomic E-state index is 13.1. The number of piperazine rings is 1. The van der Waals surface area contributed by atoms with Crippen LogP contribution in [-0.2, 0) is 6.54 Å². The second-order valence-electron chi connectivity index (χ2n) is 5.43. The van der Waals surface area contributed by atoms with Crippen LogP contribution in [0.5, 0.6) is 0 Å². The van der Waals surface area contributed by atoms with Crippen molar-refractivity contribution in [1.29, 1.82) is 0 Å². The van der Waals surface area contributed by atoms with Gasteiger partial charge in [0.15, 0.2) is 0 Å². The third-order valence-corrected chi connectivity index (χ3v) is 4.18. The molecule has 23 heavy (non-hydrogen) atoms. The van der Waals surface area contributed by atoms with Crippen LogP contribution < -0.4 is 4.90 Å². The standard InChI is InChI=1S/C16H16ClFN2O3/c17-13-9-11(18)1-3-14(13)20-7-5-19(6-8-20)10-12-2-4-15(23-12)16(21)22/h1-4,9H,5-8,10H2,(H,21,22). The van der Waals surface area contributed by atoms with Crippen LogP contribution in [0.15, 0.2) is 34.7 Å². The van der Waals surface area contributed by atoms with E-state index >= 15 is 0 Å². The van der Waals surface area contributed by atoms with E-state index in [1.165, 1.54) is 18.2 Å². The maximum Gasteiger partial charge on any atom is 0.371 e. The van der Waals surface area contributed by atoms with Crippen LogP contribution in [0, 0.1) is 5.82 Å². The van der Waals surface area contributed by atoms with Crippen molar-refractivity contribution in [2.75, 3.05) is 31.1 Å². The Kier molecular flexibility index (Phi) is 4.54. The molecular formula is C16H16ClFN2O3. The van der Waals surface area contributed by atoms with Gasteiger partial charge in [-0.25, -0.2) is 9.18 Å². The van der Waals surface area contributed by atoms with E-state index < -0.39 is 5.97 Å². The molecule has 0 saturated carbocycles. The lowest BCUT2D eigenvalue weighted by atomic mass is 10.2. The summed E-state index contributed by atoms with van der Waals surface area (Å²) in [6.07, 6.45) is 0. The van der Waals surface area contributed by atoms with E-state index in [0.717, 1.165) is 31.9 Å². The second-order valence-corrected chi connectivity index (χ2v) is 5.84. The van der Waals surface area contributed by atoms with Gasteiger partial charge < -0.3 is 14.4 Å². The maximum absolute atomic E-state index is 13.1. The average Bonchev–Trinajstić information content (AvgIpc) is 2.97. The number of hydrogen-bond donors (Lipinski definition) is 1. The van der Waals surface area contributed by atoms with Crippen molar-refractivity contribution in [3.63, 3.8) is 0 Å². The molecule has 5 nitrogen and oxygen atoms in total. The zero-order chi connectivity index (χ0) is 16.4. The number of halogens is 2. The summed E-state index contributed by atoms with van der Waals surface area (Å²) in [7, 11) is 0. The highest BCUT2D eigenvalue weighted by atomic mass is 35.5. The number of aromatic carboxylic acids is 1.